The molecule has 1 aromatic carbocycles. The second-order valence-corrected chi connectivity index (χ2v) is 2.96. The first-order chi connectivity index (χ1) is 5.77. The molecule has 13 heavy (non-hydrogen) atoms. The van der Waals surface area contributed by atoms with Crippen LogP contribution in [0.25, 0.3) is 0 Å². The predicted octanol–water partition coefficient (Wildman–Crippen LogP) is 1.78. The minimum atomic E-state index is -0.230. The molecule has 2 nitrogen and oxygen atoms in total. The van der Waals surface area contributed by atoms with Crippen molar-refractivity contribution in [2.75, 3.05) is 6.61 Å². The molecule has 0 aliphatic carbocycles. The highest BCUT2D eigenvalue weighted by Gasteiger charge is 2.17. The quantitative estimate of drug-likeness (QED) is 0.698. The molecule has 1 atom stereocenters. The molecule has 4 heteroatoms. The lowest BCUT2D eigenvalue weighted by Gasteiger charge is -2.22. The molecule has 0 unspecified atom stereocenters. The zero-order valence-electron chi connectivity index (χ0n) is 7.00. The number of rotatable bonds is 0. The molecule has 2 N–H and O–H groups in total. The Bertz CT molecular complexity index is 306. The Morgan fingerprint density at radius 1 is 1.46 bits per heavy atom. The normalized spacial score (nSPS) is 20.3. The molecule has 0 fully saturated rings. The average Bonchev–Trinajstić information content (AvgIpc) is 2.07. The number of benzene rings is 1. The zero-order chi connectivity index (χ0) is 8.55. The Morgan fingerprint density at radius 2 is 2.23 bits per heavy atom. The molecule has 2 rings (SSSR count). The van der Waals surface area contributed by atoms with E-state index in [0.717, 1.165) is 11.1 Å². The van der Waals surface area contributed by atoms with E-state index in [0.29, 0.717) is 13.2 Å². The smallest absolute Gasteiger partial charge is 0.123 e. The van der Waals surface area contributed by atoms with Crippen molar-refractivity contribution in [1.29, 1.82) is 0 Å². The van der Waals surface area contributed by atoms with E-state index in [4.69, 9.17) is 10.5 Å². The fourth-order valence-electron chi connectivity index (χ4n) is 1.43. The van der Waals surface area contributed by atoms with Crippen LogP contribution >= 0.6 is 12.4 Å². The van der Waals surface area contributed by atoms with Crippen LogP contribution in [0.1, 0.15) is 17.2 Å². The Labute approximate surface area is 82.3 Å². The maximum absolute atomic E-state index is 12.8. The van der Waals surface area contributed by atoms with Gasteiger partial charge in [-0.3, -0.25) is 0 Å². The summed E-state index contributed by atoms with van der Waals surface area (Å²) in [6, 6.07) is 4.47. The summed E-state index contributed by atoms with van der Waals surface area (Å²) >= 11 is 0. The molecule has 0 amide bonds. The van der Waals surface area contributed by atoms with Gasteiger partial charge in [-0.25, -0.2) is 4.39 Å². The first kappa shape index (κ1) is 10.4. The third kappa shape index (κ3) is 1.99. The summed E-state index contributed by atoms with van der Waals surface area (Å²) in [6.07, 6.45) is 0. The third-order valence-electron chi connectivity index (χ3n) is 2.06. The maximum Gasteiger partial charge on any atom is 0.123 e. The van der Waals surface area contributed by atoms with Gasteiger partial charge in [0.25, 0.3) is 0 Å². The Balaban J connectivity index is 0.000000845. The van der Waals surface area contributed by atoms with Crippen LogP contribution in [0.2, 0.25) is 0 Å². The van der Waals surface area contributed by atoms with E-state index < -0.39 is 0 Å². The van der Waals surface area contributed by atoms with Gasteiger partial charge in [0.05, 0.1) is 19.3 Å². The lowest BCUT2D eigenvalue weighted by Crippen LogP contribution is -2.23. The first-order valence-corrected chi connectivity index (χ1v) is 3.89. The lowest BCUT2D eigenvalue weighted by molar-refractivity contribution is 0.0922. The maximum atomic E-state index is 12.8. The molecular formula is C9H11ClFNO. The van der Waals surface area contributed by atoms with Crippen molar-refractivity contribution in [3.63, 3.8) is 0 Å². The minimum absolute atomic E-state index is 0. The second kappa shape index (κ2) is 4.05. The summed E-state index contributed by atoms with van der Waals surface area (Å²) in [5, 5.41) is 0. The van der Waals surface area contributed by atoms with Crippen LogP contribution in [0.3, 0.4) is 0 Å². The number of hydrogen-bond acceptors (Lipinski definition) is 2. The first-order valence-electron chi connectivity index (χ1n) is 3.89. The van der Waals surface area contributed by atoms with Gasteiger partial charge in [0.15, 0.2) is 0 Å². The van der Waals surface area contributed by atoms with E-state index >= 15 is 0 Å². The highest BCUT2D eigenvalue weighted by Crippen LogP contribution is 2.23. The van der Waals surface area contributed by atoms with E-state index in [9.17, 15) is 4.39 Å². The van der Waals surface area contributed by atoms with Crippen molar-refractivity contribution in [1.82, 2.24) is 0 Å². The monoisotopic (exact) mass is 203 g/mol. The standard InChI is InChI=1S/C9H10FNO.ClH/c10-7-2-1-6-4-12-5-9(11)8(6)3-7;/h1-3,9H,4-5,11H2;1H/t9-;/m1./s1. The molecule has 72 valence electrons. The van der Waals surface area contributed by atoms with Crippen molar-refractivity contribution >= 4 is 12.4 Å². The number of nitrogens with two attached hydrogens (primary N) is 1. The van der Waals surface area contributed by atoms with Gasteiger partial charge in [0.1, 0.15) is 5.82 Å². The van der Waals surface area contributed by atoms with Crippen LogP contribution in [0.4, 0.5) is 4.39 Å². The molecule has 0 saturated carbocycles. The van der Waals surface area contributed by atoms with Crippen LogP contribution < -0.4 is 5.73 Å². The number of hydrogen-bond donors (Lipinski definition) is 1. The number of ether oxygens (including phenoxy) is 1. The summed E-state index contributed by atoms with van der Waals surface area (Å²) in [5.74, 6) is -0.230. The molecule has 1 aliphatic heterocycles. The van der Waals surface area contributed by atoms with Gasteiger partial charge in [-0.2, -0.15) is 0 Å². The minimum Gasteiger partial charge on any atom is -0.375 e. The van der Waals surface area contributed by atoms with E-state index in [1.54, 1.807) is 6.07 Å². The Hall–Kier alpha value is -0.640. The fourth-order valence-corrected chi connectivity index (χ4v) is 1.43. The van der Waals surface area contributed by atoms with Crippen molar-refractivity contribution in [3.8, 4) is 0 Å². The lowest BCUT2D eigenvalue weighted by atomic mass is 10.00. The molecule has 1 heterocycles. The Kier molecular flexibility index (Phi) is 3.25. The fraction of sp³-hybridized carbons (Fsp3) is 0.333. The van der Waals surface area contributed by atoms with E-state index in [1.165, 1.54) is 12.1 Å². The molecule has 1 aromatic rings. The van der Waals surface area contributed by atoms with Crippen molar-refractivity contribution in [2.45, 2.75) is 12.6 Å². The van der Waals surface area contributed by atoms with Gasteiger partial charge < -0.3 is 10.5 Å². The highest BCUT2D eigenvalue weighted by molar-refractivity contribution is 5.85. The largest absolute Gasteiger partial charge is 0.375 e. The van der Waals surface area contributed by atoms with E-state index in [1.807, 2.05) is 0 Å². The molecule has 0 bridgehead atoms. The van der Waals surface area contributed by atoms with Crippen molar-refractivity contribution in [2.24, 2.45) is 5.73 Å². The average molecular weight is 204 g/mol. The van der Waals surface area contributed by atoms with Crippen LogP contribution in [0.5, 0.6) is 0 Å². The van der Waals surface area contributed by atoms with E-state index in [2.05, 4.69) is 0 Å². The van der Waals surface area contributed by atoms with Gasteiger partial charge in [-0.15, -0.1) is 12.4 Å². The summed E-state index contributed by atoms with van der Waals surface area (Å²) in [5.41, 5.74) is 7.60. The van der Waals surface area contributed by atoms with Gasteiger partial charge in [0.2, 0.25) is 0 Å². The number of fused-ring (bicyclic) bond motifs is 1. The molecule has 1 aliphatic rings. The van der Waals surface area contributed by atoms with Gasteiger partial charge in [0, 0.05) is 0 Å². The molecule has 0 spiro atoms. The van der Waals surface area contributed by atoms with Crippen LogP contribution in [0.15, 0.2) is 18.2 Å². The highest BCUT2D eigenvalue weighted by atomic mass is 35.5. The number of halogens is 2. The topological polar surface area (TPSA) is 35.2 Å². The molecule has 0 radical (unpaired) electrons. The predicted molar refractivity (Wildman–Crippen MR) is 50.2 cm³/mol. The second-order valence-electron chi connectivity index (χ2n) is 2.96. The van der Waals surface area contributed by atoms with E-state index in [-0.39, 0.29) is 24.3 Å². The summed E-state index contributed by atoms with van der Waals surface area (Å²) < 4.78 is 18.0. The van der Waals surface area contributed by atoms with Crippen LogP contribution in [-0.2, 0) is 11.3 Å². The summed E-state index contributed by atoms with van der Waals surface area (Å²) in [4.78, 5) is 0. The molecule has 0 aromatic heterocycles. The molecule has 0 saturated heterocycles. The van der Waals surface area contributed by atoms with Crippen LogP contribution in [0, 0.1) is 5.82 Å². The van der Waals surface area contributed by atoms with Gasteiger partial charge in [-0.1, -0.05) is 6.07 Å². The third-order valence-corrected chi connectivity index (χ3v) is 2.06. The van der Waals surface area contributed by atoms with Gasteiger partial charge >= 0.3 is 0 Å². The van der Waals surface area contributed by atoms with Gasteiger partial charge in [-0.05, 0) is 23.3 Å². The zero-order valence-corrected chi connectivity index (χ0v) is 7.81. The van der Waals surface area contributed by atoms with Crippen molar-refractivity contribution < 1.29 is 9.13 Å². The van der Waals surface area contributed by atoms with Crippen LogP contribution in [-0.4, -0.2) is 6.61 Å². The van der Waals surface area contributed by atoms with Crippen molar-refractivity contribution in [3.05, 3.63) is 35.1 Å². The summed E-state index contributed by atoms with van der Waals surface area (Å²) in [7, 11) is 0. The molecular weight excluding hydrogens is 193 g/mol. The summed E-state index contributed by atoms with van der Waals surface area (Å²) in [6.45, 7) is 1.03. The SMILES string of the molecule is Cl.N[C@@H]1COCc2ccc(F)cc21. The Morgan fingerprint density at radius 3 is 3.00 bits per heavy atom.